The molecule has 0 aliphatic carbocycles. The minimum Gasteiger partial charge on any atom is -0.463 e. The Morgan fingerprint density at radius 2 is 1.88 bits per heavy atom. The van der Waals surface area contributed by atoms with Crippen LogP contribution in [0.4, 0.5) is 32.8 Å². The minimum absolute atomic E-state index is 0.0794. The summed E-state index contributed by atoms with van der Waals surface area (Å²) < 4.78 is 86.9. The van der Waals surface area contributed by atoms with Crippen molar-refractivity contribution in [3.05, 3.63) is 41.0 Å². The van der Waals surface area contributed by atoms with E-state index in [1.807, 2.05) is 11.0 Å². The van der Waals surface area contributed by atoms with Crippen molar-refractivity contribution in [2.75, 3.05) is 43.5 Å². The van der Waals surface area contributed by atoms with Crippen molar-refractivity contribution in [1.82, 2.24) is 15.3 Å². The Bertz CT molecular complexity index is 1780. The van der Waals surface area contributed by atoms with Gasteiger partial charge in [0.2, 0.25) is 0 Å². The number of hydrogen-bond acceptors (Lipinski definition) is 9. The fraction of sp³-hybridized carbons (Fsp3) is 0.414. The van der Waals surface area contributed by atoms with Gasteiger partial charge in [0, 0.05) is 54.7 Å². The van der Waals surface area contributed by atoms with Crippen LogP contribution in [0.5, 0.6) is 6.01 Å². The van der Waals surface area contributed by atoms with Crippen LogP contribution in [0.25, 0.3) is 32.1 Å². The van der Waals surface area contributed by atoms with Crippen LogP contribution in [-0.2, 0) is 10.9 Å². The standard InChI is InChI=1S/C29H25F5N6O2S/c30-20-2-1-16(21-18(9-35)26(36)43-25(20)21)22-19(29(32,33)34)8-17-24(23(22)31)38-28(42-12-13-3-5-41-6-4-13)39-27(17)40-10-14-7-15(11-40)37-14/h1-2,8,13-15,37H,3-7,10-12,36H2. The molecule has 4 aromatic rings. The van der Waals surface area contributed by atoms with Gasteiger partial charge < -0.3 is 25.4 Å². The largest absolute Gasteiger partial charge is 0.463 e. The number of nitrogens with one attached hydrogen (secondary N) is 1. The highest BCUT2D eigenvalue weighted by molar-refractivity contribution is 7.23. The number of benzene rings is 2. The number of halogens is 5. The Morgan fingerprint density at radius 3 is 2.56 bits per heavy atom. The molecule has 0 amide bonds. The summed E-state index contributed by atoms with van der Waals surface area (Å²) in [6, 6.07) is 4.80. The maximum absolute atomic E-state index is 16.7. The highest BCUT2D eigenvalue weighted by atomic mass is 32.1. The van der Waals surface area contributed by atoms with Gasteiger partial charge in [-0.1, -0.05) is 6.07 Å². The molecule has 2 unspecified atom stereocenters. The van der Waals surface area contributed by atoms with Gasteiger partial charge in [-0.15, -0.1) is 11.3 Å². The lowest BCUT2D eigenvalue weighted by atomic mass is 9.90. The fourth-order valence-corrected chi connectivity index (χ4v) is 7.23. The molecule has 3 N–H and O–H groups in total. The number of nitrogens with two attached hydrogens (primary N) is 1. The van der Waals surface area contributed by atoms with E-state index in [9.17, 15) is 22.8 Å². The van der Waals surface area contributed by atoms with E-state index in [2.05, 4.69) is 15.3 Å². The van der Waals surface area contributed by atoms with Gasteiger partial charge in [-0.2, -0.15) is 28.4 Å². The van der Waals surface area contributed by atoms with Crippen LogP contribution in [0, 0.1) is 28.9 Å². The van der Waals surface area contributed by atoms with Gasteiger partial charge in [0.05, 0.1) is 22.4 Å². The summed E-state index contributed by atoms with van der Waals surface area (Å²) in [5, 5.41) is 12.7. The van der Waals surface area contributed by atoms with E-state index in [4.69, 9.17) is 15.2 Å². The Hall–Kier alpha value is -3.80. The summed E-state index contributed by atoms with van der Waals surface area (Å²) >= 11 is 0.719. The van der Waals surface area contributed by atoms with Crippen LogP contribution < -0.4 is 20.7 Å². The number of piperidine rings is 1. The molecule has 43 heavy (non-hydrogen) atoms. The first-order valence-electron chi connectivity index (χ1n) is 13.9. The number of thiophene rings is 1. The molecule has 0 saturated carbocycles. The van der Waals surface area contributed by atoms with Crippen LogP contribution in [0.1, 0.15) is 30.4 Å². The lowest BCUT2D eigenvalue weighted by Gasteiger charge is -2.48. The Kier molecular flexibility index (Phi) is 6.79. The van der Waals surface area contributed by atoms with Crippen molar-refractivity contribution >= 4 is 43.1 Å². The number of nitrogen functional groups attached to an aromatic ring is 1. The number of nitrogens with zero attached hydrogens (tertiary/aromatic N) is 4. The Labute approximate surface area is 246 Å². The van der Waals surface area contributed by atoms with Crippen molar-refractivity contribution in [2.24, 2.45) is 5.92 Å². The Morgan fingerprint density at radius 1 is 1.16 bits per heavy atom. The number of alkyl halides is 3. The summed E-state index contributed by atoms with van der Waals surface area (Å²) in [7, 11) is 0. The van der Waals surface area contributed by atoms with Gasteiger partial charge in [-0.25, -0.2) is 8.78 Å². The molecule has 4 aliphatic rings. The van der Waals surface area contributed by atoms with E-state index >= 15 is 4.39 Å². The molecular formula is C29H25F5N6O2S. The zero-order valence-corrected chi connectivity index (χ0v) is 23.4. The van der Waals surface area contributed by atoms with Crippen molar-refractivity contribution in [2.45, 2.75) is 37.5 Å². The second kappa shape index (κ2) is 10.4. The Balaban J connectivity index is 1.46. The number of nitriles is 1. The number of aromatic nitrogens is 2. The predicted molar refractivity (Wildman–Crippen MR) is 151 cm³/mol. The summed E-state index contributed by atoms with van der Waals surface area (Å²) in [6.45, 7) is 2.37. The van der Waals surface area contributed by atoms with Crippen LogP contribution in [0.2, 0.25) is 0 Å². The number of ether oxygens (including phenoxy) is 2. The minimum atomic E-state index is -5.01. The van der Waals surface area contributed by atoms with Crippen LogP contribution in [0.15, 0.2) is 18.2 Å². The van der Waals surface area contributed by atoms with Crippen LogP contribution in [0.3, 0.4) is 0 Å². The number of fused-ring (bicyclic) bond motifs is 4. The molecular weight excluding hydrogens is 591 g/mol. The average Bonchev–Trinajstić information content (AvgIpc) is 3.33. The topological polar surface area (TPSA) is 109 Å². The SMILES string of the molecule is N#Cc1c(N)sc2c(F)ccc(-c3c(C(F)(F)F)cc4c(N5CC6CC(C5)N6)nc(OCC5CCOCC5)nc4c3F)c12. The van der Waals surface area contributed by atoms with Crippen molar-refractivity contribution in [3.63, 3.8) is 0 Å². The fourth-order valence-electron chi connectivity index (χ4n) is 6.28. The molecule has 4 aliphatic heterocycles. The first kappa shape index (κ1) is 28.0. The maximum atomic E-state index is 16.7. The van der Waals surface area contributed by atoms with Crippen molar-refractivity contribution in [3.8, 4) is 23.2 Å². The van der Waals surface area contributed by atoms with Gasteiger partial charge in [0.25, 0.3) is 0 Å². The third-order valence-electron chi connectivity index (χ3n) is 8.41. The number of piperazine rings is 1. The lowest BCUT2D eigenvalue weighted by Crippen LogP contribution is -2.67. The smallest absolute Gasteiger partial charge is 0.417 e. The van der Waals surface area contributed by atoms with Crippen molar-refractivity contribution < 1.29 is 31.4 Å². The zero-order valence-electron chi connectivity index (χ0n) is 22.6. The monoisotopic (exact) mass is 616 g/mol. The molecule has 2 aromatic heterocycles. The highest BCUT2D eigenvalue weighted by Crippen LogP contribution is 2.48. The molecule has 4 fully saturated rings. The molecule has 0 radical (unpaired) electrons. The van der Waals surface area contributed by atoms with E-state index in [0.29, 0.717) is 26.3 Å². The van der Waals surface area contributed by atoms with E-state index in [1.54, 1.807) is 0 Å². The third-order valence-corrected chi connectivity index (χ3v) is 9.43. The maximum Gasteiger partial charge on any atom is 0.417 e. The summed E-state index contributed by atoms with van der Waals surface area (Å²) in [6.07, 6.45) is -2.55. The van der Waals surface area contributed by atoms with Crippen LogP contribution >= 0.6 is 11.3 Å². The number of rotatable bonds is 5. The van der Waals surface area contributed by atoms with Crippen molar-refractivity contribution in [1.29, 1.82) is 5.26 Å². The summed E-state index contributed by atoms with van der Waals surface area (Å²) in [5.41, 5.74) is 2.90. The van der Waals surface area contributed by atoms with Gasteiger partial charge in [0.15, 0.2) is 5.82 Å². The van der Waals surface area contributed by atoms with Gasteiger partial charge in [0.1, 0.15) is 28.2 Å². The van der Waals surface area contributed by atoms with E-state index in [1.165, 1.54) is 0 Å². The average molecular weight is 617 g/mol. The van der Waals surface area contributed by atoms with E-state index in [-0.39, 0.29) is 73.6 Å². The zero-order chi connectivity index (χ0) is 30.0. The molecule has 6 heterocycles. The molecule has 14 heteroatoms. The van der Waals surface area contributed by atoms with Crippen LogP contribution in [-0.4, -0.2) is 55.0 Å². The normalized spacial score (nSPS) is 20.8. The molecule has 4 saturated heterocycles. The second-order valence-corrected chi connectivity index (χ2v) is 12.2. The predicted octanol–water partition coefficient (Wildman–Crippen LogP) is 5.62. The number of hydrogen-bond donors (Lipinski definition) is 2. The highest BCUT2D eigenvalue weighted by Gasteiger charge is 2.41. The molecule has 8 nitrogen and oxygen atoms in total. The second-order valence-electron chi connectivity index (χ2n) is 11.2. The molecule has 0 spiro atoms. The van der Waals surface area contributed by atoms with Gasteiger partial charge in [-0.05, 0) is 42.9 Å². The summed E-state index contributed by atoms with van der Waals surface area (Å²) in [4.78, 5) is 10.6. The molecule has 8 rings (SSSR count). The first-order valence-corrected chi connectivity index (χ1v) is 14.7. The first-order chi connectivity index (χ1) is 20.6. The molecule has 2 aromatic carbocycles. The quantitative estimate of drug-likeness (QED) is 0.278. The van der Waals surface area contributed by atoms with E-state index in [0.717, 1.165) is 48.8 Å². The molecule has 224 valence electrons. The third kappa shape index (κ3) is 4.79. The van der Waals surface area contributed by atoms with Gasteiger partial charge in [-0.3, -0.25) is 0 Å². The molecule has 2 atom stereocenters. The number of anilines is 2. The lowest BCUT2D eigenvalue weighted by molar-refractivity contribution is -0.137. The molecule has 2 bridgehead atoms. The summed E-state index contributed by atoms with van der Waals surface area (Å²) in [5.74, 6) is -1.73. The van der Waals surface area contributed by atoms with Gasteiger partial charge >= 0.3 is 12.2 Å². The van der Waals surface area contributed by atoms with E-state index < -0.39 is 28.9 Å².